The van der Waals surface area contributed by atoms with Gasteiger partial charge in [0, 0.05) is 16.7 Å². The van der Waals surface area contributed by atoms with Gasteiger partial charge in [-0.2, -0.15) is 0 Å². The largest absolute Gasteiger partial charge is 0.390 e. The zero-order valence-corrected chi connectivity index (χ0v) is 17.5. The average Bonchev–Trinajstić information content (AvgIpc) is 2.86. The summed E-state index contributed by atoms with van der Waals surface area (Å²) in [7, 11) is 0. The van der Waals surface area contributed by atoms with Gasteiger partial charge in [-0.3, -0.25) is 9.59 Å². The molecular formula is C22H27ClF2O4. The molecule has 0 heterocycles. The molecule has 1 unspecified atom stereocenters. The smallest absolute Gasteiger partial charge is 0.179 e. The summed E-state index contributed by atoms with van der Waals surface area (Å²) in [5.41, 5.74) is -6.54. The molecule has 160 valence electrons. The quantitative estimate of drug-likeness (QED) is 0.663. The highest BCUT2D eigenvalue weighted by Gasteiger charge is 2.76. The minimum Gasteiger partial charge on any atom is -0.390 e. The summed E-state index contributed by atoms with van der Waals surface area (Å²) in [5.74, 6) is -3.24. The van der Waals surface area contributed by atoms with Crippen LogP contribution in [0.1, 0.15) is 40.0 Å². The van der Waals surface area contributed by atoms with Crippen molar-refractivity contribution < 1.29 is 28.6 Å². The molecule has 3 saturated carbocycles. The van der Waals surface area contributed by atoms with Gasteiger partial charge in [0.15, 0.2) is 17.2 Å². The van der Waals surface area contributed by atoms with Crippen LogP contribution in [-0.2, 0) is 9.59 Å². The summed E-state index contributed by atoms with van der Waals surface area (Å²) in [6, 6.07) is 0. The lowest BCUT2D eigenvalue weighted by Gasteiger charge is -2.63. The second kappa shape index (κ2) is 6.21. The highest BCUT2D eigenvalue weighted by Crippen LogP contribution is 2.70. The molecule has 3 fully saturated rings. The molecule has 4 nitrogen and oxygen atoms in total. The van der Waals surface area contributed by atoms with E-state index in [1.807, 2.05) is 0 Å². The first-order valence-corrected chi connectivity index (χ1v) is 10.7. The molecule has 0 aliphatic heterocycles. The van der Waals surface area contributed by atoms with E-state index in [1.165, 1.54) is 19.1 Å². The molecule has 2 N–H and O–H groups in total. The molecule has 0 aromatic heterocycles. The Morgan fingerprint density at radius 1 is 1.31 bits per heavy atom. The van der Waals surface area contributed by atoms with Gasteiger partial charge in [0.25, 0.3) is 0 Å². The second-order valence-corrected chi connectivity index (χ2v) is 10.1. The van der Waals surface area contributed by atoms with Gasteiger partial charge in [-0.05, 0) is 55.7 Å². The molecule has 4 aliphatic carbocycles. The first-order valence-electron chi connectivity index (χ1n) is 10.2. The van der Waals surface area contributed by atoms with Crippen molar-refractivity contribution in [2.45, 2.75) is 63.6 Å². The van der Waals surface area contributed by atoms with E-state index in [2.05, 4.69) is 0 Å². The molecule has 0 radical (unpaired) electrons. The van der Waals surface area contributed by atoms with E-state index in [0.29, 0.717) is 6.42 Å². The fourth-order valence-corrected chi connectivity index (χ4v) is 7.44. The van der Waals surface area contributed by atoms with E-state index < -0.39 is 63.7 Å². The third kappa shape index (κ3) is 2.26. The van der Waals surface area contributed by atoms with Crippen molar-refractivity contribution in [3.63, 3.8) is 0 Å². The summed E-state index contributed by atoms with van der Waals surface area (Å²) in [6.07, 6.45) is 0.674. The van der Waals surface area contributed by atoms with Crippen molar-refractivity contribution in [3.05, 3.63) is 23.8 Å². The van der Waals surface area contributed by atoms with Crippen LogP contribution in [0.4, 0.5) is 8.78 Å². The van der Waals surface area contributed by atoms with Crippen LogP contribution in [0.5, 0.6) is 0 Å². The summed E-state index contributed by atoms with van der Waals surface area (Å²) in [6.45, 7) is 4.94. The number of aliphatic hydroxyl groups excluding tert-OH is 1. The maximum Gasteiger partial charge on any atom is 0.179 e. The number of ketones is 2. The van der Waals surface area contributed by atoms with Gasteiger partial charge in [-0.25, -0.2) is 8.78 Å². The number of rotatable bonds is 2. The van der Waals surface area contributed by atoms with E-state index in [4.69, 9.17) is 11.6 Å². The molecule has 4 aliphatic rings. The number of aliphatic hydroxyl groups is 2. The summed E-state index contributed by atoms with van der Waals surface area (Å²) in [4.78, 5) is 24.5. The number of hydrogen-bond acceptors (Lipinski definition) is 4. The van der Waals surface area contributed by atoms with Gasteiger partial charge in [-0.1, -0.05) is 19.9 Å². The Morgan fingerprint density at radius 3 is 2.59 bits per heavy atom. The standard InChI is InChI=1S/C22H27ClF2O4/c1-11-6-13-14-8-16(24)15-7-12(26)4-5-19(15,2)21(14,25)17(27)9-20(13,3)22(11,29)18(28)10-23/h4-5,7,11,13-14,16-17,27,29H,6,8-10H2,1-3H3/t11-,13-,14-,16-,17-,19-,20-,21?,22-/m0/s1. The number of Topliss-reactive ketones (excluding diaryl/α,β-unsaturated/α-hetero) is 1. The first-order chi connectivity index (χ1) is 13.4. The summed E-state index contributed by atoms with van der Waals surface area (Å²) >= 11 is 5.78. The van der Waals surface area contributed by atoms with Crippen LogP contribution in [0, 0.1) is 28.6 Å². The highest BCUT2D eigenvalue weighted by atomic mass is 35.5. The van der Waals surface area contributed by atoms with Crippen LogP contribution in [-0.4, -0.2) is 51.2 Å². The molecule has 7 heteroatoms. The van der Waals surface area contributed by atoms with E-state index in [9.17, 15) is 19.8 Å². The molecule has 0 amide bonds. The Labute approximate surface area is 174 Å². The zero-order valence-electron chi connectivity index (χ0n) is 16.8. The lowest BCUT2D eigenvalue weighted by molar-refractivity contribution is -0.222. The van der Waals surface area contributed by atoms with Crippen molar-refractivity contribution in [1.29, 1.82) is 0 Å². The lowest BCUT2D eigenvalue weighted by atomic mass is 9.44. The number of alkyl halides is 3. The maximum atomic E-state index is 16.9. The van der Waals surface area contributed by atoms with Crippen LogP contribution in [0.25, 0.3) is 0 Å². The van der Waals surface area contributed by atoms with Crippen molar-refractivity contribution in [2.24, 2.45) is 28.6 Å². The maximum absolute atomic E-state index is 16.9. The Kier molecular flexibility index (Phi) is 4.52. The first kappa shape index (κ1) is 21.1. The molecule has 0 saturated heterocycles. The summed E-state index contributed by atoms with van der Waals surface area (Å²) < 4.78 is 32.1. The average molecular weight is 429 g/mol. The second-order valence-electron chi connectivity index (χ2n) is 9.82. The lowest BCUT2D eigenvalue weighted by Crippen LogP contribution is -2.70. The van der Waals surface area contributed by atoms with Crippen molar-refractivity contribution >= 4 is 23.2 Å². The van der Waals surface area contributed by atoms with Gasteiger partial charge in [0.1, 0.15) is 11.8 Å². The molecule has 9 atom stereocenters. The van der Waals surface area contributed by atoms with Gasteiger partial charge >= 0.3 is 0 Å². The minimum absolute atomic E-state index is 0.0598. The molecule has 29 heavy (non-hydrogen) atoms. The van der Waals surface area contributed by atoms with Crippen molar-refractivity contribution in [1.82, 2.24) is 0 Å². The Hall–Kier alpha value is -1.11. The van der Waals surface area contributed by atoms with E-state index >= 15 is 8.78 Å². The minimum atomic E-state index is -2.21. The molecule has 4 rings (SSSR count). The van der Waals surface area contributed by atoms with Gasteiger partial charge in [0.2, 0.25) is 0 Å². The number of carbonyl (C=O) groups excluding carboxylic acids is 2. The highest BCUT2D eigenvalue weighted by molar-refractivity contribution is 6.29. The number of halogens is 3. The van der Waals surface area contributed by atoms with Gasteiger partial charge in [0.05, 0.1) is 12.0 Å². The Bertz CT molecular complexity index is 843. The third-order valence-corrected chi connectivity index (χ3v) is 9.00. The predicted octanol–water partition coefficient (Wildman–Crippen LogP) is 3.09. The molecule has 0 aromatic rings. The predicted molar refractivity (Wildman–Crippen MR) is 104 cm³/mol. The van der Waals surface area contributed by atoms with E-state index in [1.54, 1.807) is 13.8 Å². The van der Waals surface area contributed by atoms with E-state index in [-0.39, 0.29) is 24.3 Å². The zero-order chi connectivity index (χ0) is 21.6. The Balaban J connectivity index is 1.87. The monoisotopic (exact) mass is 428 g/mol. The molecule has 0 spiro atoms. The van der Waals surface area contributed by atoms with Crippen molar-refractivity contribution in [3.8, 4) is 0 Å². The Morgan fingerprint density at radius 2 is 1.97 bits per heavy atom. The SMILES string of the molecule is C[C@H]1C[C@H]2[C@@H]3C[C@H](F)C4=CC(=O)C=C[C@]4(C)C3(F)[C@@H](O)C[C@]2(C)[C@@]1(O)C(=O)CCl. The molecular weight excluding hydrogens is 402 g/mol. The van der Waals surface area contributed by atoms with Crippen LogP contribution in [0.3, 0.4) is 0 Å². The van der Waals surface area contributed by atoms with Crippen molar-refractivity contribution in [2.75, 3.05) is 5.88 Å². The summed E-state index contributed by atoms with van der Waals surface area (Å²) in [5, 5.41) is 22.5. The molecule has 0 aromatic carbocycles. The van der Waals surface area contributed by atoms with Gasteiger partial charge < -0.3 is 10.2 Å². The fraction of sp³-hybridized carbons (Fsp3) is 0.727. The van der Waals surface area contributed by atoms with E-state index in [0.717, 1.165) is 6.08 Å². The normalized spacial score (nSPS) is 53.7. The van der Waals surface area contributed by atoms with Gasteiger partial charge in [-0.15, -0.1) is 11.6 Å². The van der Waals surface area contributed by atoms with Crippen LogP contribution < -0.4 is 0 Å². The topological polar surface area (TPSA) is 74.6 Å². The van der Waals surface area contributed by atoms with Crippen LogP contribution >= 0.6 is 11.6 Å². The molecule has 0 bridgehead atoms. The number of carbonyl (C=O) groups is 2. The number of fused-ring (bicyclic) bond motifs is 5. The third-order valence-electron chi connectivity index (χ3n) is 8.76. The van der Waals surface area contributed by atoms with Crippen LogP contribution in [0.15, 0.2) is 23.8 Å². The number of hydrogen-bond donors (Lipinski definition) is 2. The van der Waals surface area contributed by atoms with Crippen LogP contribution in [0.2, 0.25) is 0 Å². The number of allylic oxidation sites excluding steroid dienone is 4. The fourth-order valence-electron chi connectivity index (χ4n) is 7.24.